The molecular formula is C17H18N4O2. The summed E-state index contributed by atoms with van der Waals surface area (Å²) in [5, 5.41) is 9.46. The molecule has 0 bridgehead atoms. The molecular weight excluding hydrogens is 292 g/mol. The molecule has 0 saturated heterocycles. The Balaban J connectivity index is 1.79. The number of anilines is 1. The third kappa shape index (κ3) is 3.91. The van der Waals surface area contributed by atoms with Crippen molar-refractivity contribution in [2.75, 3.05) is 4.90 Å². The van der Waals surface area contributed by atoms with Gasteiger partial charge in [0.15, 0.2) is 0 Å². The van der Waals surface area contributed by atoms with E-state index in [1.165, 1.54) is 6.42 Å². The summed E-state index contributed by atoms with van der Waals surface area (Å²) in [4.78, 5) is 25.5. The molecule has 0 atom stereocenters. The first kappa shape index (κ1) is 15.1. The summed E-state index contributed by atoms with van der Waals surface area (Å²) in [6, 6.07) is 11.5. The van der Waals surface area contributed by atoms with E-state index in [4.69, 9.17) is 0 Å². The van der Waals surface area contributed by atoms with Crippen LogP contribution in [-0.2, 0) is 6.54 Å². The lowest BCUT2D eigenvalue weighted by atomic mass is 9.94. The topological polar surface area (TPSA) is 78.7 Å². The van der Waals surface area contributed by atoms with Gasteiger partial charge in [-0.25, -0.2) is 19.7 Å². The van der Waals surface area contributed by atoms with Gasteiger partial charge in [0.25, 0.3) is 0 Å². The van der Waals surface area contributed by atoms with Gasteiger partial charge in [-0.2, -0.15) is 0 Å². The van der Waals surface area contributed by atoms with Crippen LogP contribution in [-0.4, -0.2) is 33.4 Å². The van der Waals surface area contributed by atoms with Crippen LogP contribution in [0.5, 0.6) is 0 Å². The van der Waals surface area contributed by atoms with E-state index in [-0.39, 0.29) is 12.5 Å². The van der Waals surface area contributed by atoms with Gasteiger partial charge in [-0.05, 0) is 30.9 Å². The maximum absolute atomic E-state index is 11.5. The van der Waals surface area contributed by atoms with E-state index < -0.39 is 6.09 Å². The fourth-order valence-corrected chi connectivity index (χ4v) is 2.27. The fourth-order valence-electron chi connectivity index (χ4n) is 2.27. The highest BCUT2D eigenvalue weighted by molar-refractivity contribution is 5.84. The summed E-state index contributed by atoms with van der Waals surface area (Å²) in [7, 11) is 0. The van der Waals surface area contributed by atoms with Crippen molar-refractivity contribution < 1.29 is 9.90 Å². The molecule has 1 aliphatic carbocycles. The van der Waals surface area contributed by atoms with E-state index in [2.05, 4.69) is 15.0 Å². The Bertz CT molecular complexity index is 699. The summed E-state index contributed by atoms with van der Waals surface area (Å²) < 4.78 is 0. The van der Waals surface area contributed by atoms with Gasteiger partial charge in [0.05, 0.1) is 18.3 Å². The highest BCUT2D eigenvalue weighted by Gasteiger charge is 2.18. The molecule has 3 rings (SSSR count). The van der Waals surface area contributed by atoms with E-state index in [1.807, 2.05) is 30.3 Å². The Kier molecular flexibility index (Phi) is 4.61. The number of hydrogen-bond acceptors (Lipinski definition) is 4. The maximum atomic E-state index is 11.5. The molecule has 6 heteroatoms. The number of benzene rings is 1. The lowest BCUT2D eigenvalue weighted by molar-refractivity contribution is 0.201. The minimum Gasteiger partial charge on any atom is -0.465 e. The predicted octanol–water partition coefficient (Wildman–Crippen LogP) is 3.13. The summed E-state index contributed by atoms with van der Waals surface area (Å²) >= 11 is 0. The Morgan fingerprint density at radius 2 is 2.09 bits per heavy atom. The summed E-state index contributed by atoms with van der Waals surface area (Å²) in [5.74, 6) is 0.166. The first-order valence-corrected chi connectivity index (χ1v) is 7.63. The van der Waals surface area contributed by atoms with Crippen LogP contribution in [0.2, 0.25) is 0 Å². The second-order valence-electron chi connectivity index (χ2n) is 5.50. The van der Waals surface area contributed by atoms with Crippen molar-refractivity contribution in [3.05, 3.63) is 53.9 Å². The third-order valence-electron chi connectivity index (χ3n) is 3.81. The number of carboxylic acid groups (broad SMARTS) is 1. The normalized spacial score (nSPS) is 14.6. The number of aliphatic imine (C=N–C) groups is 1. The number of amides is 1. The molecule has 1 saturated carbocycles. The molecule has 1 aromatic carbocycles. The second kappa shape index (κ2) is 7.00. The maximum Gasteiger partial charge on any atom is 0.414 e. The van der Waals surface area contributed by atoms with Crippen LogP contribution in [0.4, 0.5) is 10.7 Å². The zero-order valence-corrected chi connectivity index (χ0v) is 12.7. The highest BCUT2D eigenvalue weighted by atomic mass is 16.4. The summed E-state index contributed by atoms with van der Waals surface area (Å²) in [5.41, 5.74) is 1.51. The summed E-state index contributed by atoms with van der Waals surface area (Å²) in [6.07, 6.45) is 5.64. The smallest absolute Gasteiger partial charge is 0.414 e. The molecule has 1 amide bonds. The van der Waals surface area contributed by atoms with Gasteiger partial charge in [-0.3, -0.25) is 4.99 Å². The van der Waals surface area contributed by atoms with Gasteiger partial charge in [0, 0.05) is 12.4 Å². The standard InChI is InChI=1S/C17H18N4O2/c22-17(23)21(12-13-5-2-1-3-6-13)16-18-10-9-15(20-16)11-19-14-7-4-8-14/h1-3,5-6,9-11,14H,4,7-8,12H2,(H,22,23). The zero-order chi connectivity index (χ0) is 16.1. The lowest BCUT2D eigenvalue weighted by Crippen LogP contribution is -2.30. The van der Waals surface area contributed by atoms with Crippen LogP contribution in [0.1, 0.15) is 30.5 Å². The Hall–Kier alpha value is -2.76. The summed E-state index contributed by atoms with van der Waals surface area (Å²) in [6.45, 7) is 0.208. The highest BCUT2D eigenvalue weighted by Crippen LogP contribution is 2.21. The Labute approximate surface area is 134 Å². The average molecular weight is 310 g/mol. The van der Waals surface area contributed by atoms with Crippen LogP contribution in [0.15, 0.2) is 47.6 Å². The van der Waals surface area contributed by atoms with Gasteiger partial charge >= 0.3 is 6.09 Å². The van der Waals surface area contributed by atoms with Crippen LogP contribution in [0.3, 0.4) is 0 Å². The van der Waals surface area contributed by atoms with Crippen LogP contribution in [0.25, 0.3) is 0 Å². The molecule has 1 heterocycles. The van der Waals surface area contributed by atoms with Gasteiger partial charge in [0.1, 0.15) is 0 Å². The third-order valence-corrected chi connectivity index (χ3v) is 3.81. The fraction of sp³-hybridized carbons (Fsp3) is 0.294. The molecule has 1 aliphatic rings. The number of hydrogen-bond donors (Lipinski definition) is 1. The Morgan fingerprint density at radius 3 is 2.74 bits per heavy atom. The molecule has 118 valence electrons. The first-order chi connectivity index (χ1) is 11.2. The van der Waals surface area contributed by atoms with Crippen LogP contribution < -0.4 is 4.90 Å². The minimum atomic E-state index is -1.08. The number of carbonyl (C=O) groups is 1. The van der Waals surface area contributed by atoms with Crippen LogP contribution >= 0.6 is 0 Å². The van der Waals surface area contributed by atoms with Crippen molar-refractivity contribution in [3.63, 3.8) is 0 Å². The van der Waals surface area contributed by atoms with Crippen LogP contribution in [0, 0.1) is 0 Å². The molecule has 0 aliphatic heterocycles. The molecule has 23 heavy (non-hydrogen) atoms. The quantitative estimate of drug-likeness (QED) is 0.861. The molecule has 1 aromatic heterocycles. The SMILES string of the molecule is O=C(O)N(Cc1ccccc1)c1nccc(C=NC2CCC2)n1. The predicted molar refractivity (Wildman–Crippen MR) is 87.9 cm³/mol. The first-order valence-electron chi connectivity index (χ1n) is 7.63. The van der Waals surface area contributed by atoms with Crippen molar-refractivity contribution >= 4 is 18.3 Å². The number of rotatable bonds is 5. The van der Waals surface area contributed by atoms with Crippen molar-refractivity contribution in [2.45, 2.75) is 31.8 Å². The second-order valence-corrected chi connectivity index (χ2v) is 5.50. The van der Waals surface area contributed by atoms with E-state index in [0.29, 0.717) is 11.7 Å². The molecule has 0 spiro atoms. The van der Waals surface area contributed by atoms with E-state index in [0.717, 1.165) is 23.3 Å². The van der Waals surface area contributed by atoms with Crippen molar-refractivity contribution in [3.8, 4) is 0 Å². The molecule has 6 nitrogen and oxygen atoms in total. The molecule has 0 radical (unpaired) electrons. The van der Waals surface area contributed by atoms with Gasteiger partial charge < -0.3 is 5.11 Å². The lowest BCUT2D eigenvalue weighted by Gasteiger charge is -2.20. The Morgan fingerprint density at radius 1 is 1.30 bits per heavy atom. The monoisotopic (exact) mass is 310 g/mol. The molecule has 0 unspecified atom stereocenters. The molecule has 2 aromatic rings. The van der Waals surface area contributed by atoms with Gasteiger partial charge in [0.2, 0.25) is 5.95 Å². The van der Waals surface area contributed by atoms with E-state index in [9.17, 15) is 9.90 Å². The van der Waals surface area contributed by atoms with E-state index >= 15 is 0 Å². The van der Waals surface area contributed by atoms with Gasteiger partial charge in [-0.15, -0.1) is 0 Å². The van der Waals surface area contributed by atoms with Crippen molar-refractivity contribution in [2.24, 2.45) is 4.99 Å². The average Bonchev–Trinajstić information content (AvgIpc) is 2.52. The zero-order valence-electron chi connectivity index (χ0n) is 12.7. The van der Waals surface area contributed by atoms with Crippen molar-refractivity contribution in [1.29, 1.82) is 0 Å². The molecule has 1 N–H and O–H groups in total. The van der Waals surface area contributed by atoms with E-state index in [1.54, 1.807) is 18.5 Å². The minimum absolute atomic E-state index is 0.166. The molecule has 1 fully saturated rings. The largest absolute Gasteiger partial charge is 0.465 e. The van der Waals surface area contributed by atoms with Crippen molar-refractivity contribution in [1.82, 2.24) is 9.97 Å². The number of aromatic nitrogens is 2. The van der Waals surface area contributed by atoms with Gasteiger partial charge in [-0.1, -0.05) is 30.3 Å². The number of nitrogens with zero attached hydrogens (tertiary/aromatic N) is 4.